The second-order valence-corrected chi connectivity index (χ2v) is 5.88. The molecule has 6 heteroatoms. The van der Waals surface area contributed by atoms with Crippen LogP contribution in [0, 0.1) is 11.7 Å². The number of rotatable bonds is 4. The maximum absolute atomic E-state index is 13.9. The lowest BCUT2D eigenvalue weighted by Crippen LogP contribution is -2.35. The Labute approximate surface area is 124 Å². The number of hydrogen-bond acceptors (Lipinski definition) is 4. The van der Waals surface area contributed by atoms with Crippen molar-refractivity contribution in [3.8, 4) is 0 Å². The molecule has 0 saturated carbocycles. The average Bonchev–Trinajstić information content (AvgIpc) is 2.64. The minimum atomic E-state index is -0.346. The molecule has 1 saturated heterocycles. The Kier molecular flexibility index (Phi) is 5.57. The van der Waals surface area contributed by atoms with Gasteiger partial charge in [-0.1, -0.05) is 18.5 Å². The molecule has 0 spiro atoms. The maximum atomic E-state index is 13.9. The molecule has 1 aromatic heterocycles. The van der Waals surface area contributed by atoms with Crippen LogP contribution in [0.1, 0.15) is 13.3 Å². The molecule has 1 aromatic rings. The minimum Gasteiger partial charge on any atom is -0.353 e. The molecule has 2 N–H and O–H groups in total. The Morgan fingerprint density at radius 2 is 2.20 bits per heavy atom. The first-order valence-corrected chi connectivity index (χ1v) is 7.46. The van der Waals surface area contributed by atoms with Crippen LogP contribution in [-0.2, 0) is 0 Å². The number of halogens is 2. The van der Waals surface area contributed by atoms with Gasteiger partial charge < -0.3 is 15.5 Å². The van der Waals surface area contributed by atoms with Crippen molar-refractivity contribution in [2.24, 2.45) is 11.7 Å². The zero-order valence-corrected chi connectivity index (χ0v) is 12.6. The molecule has 0 aromatic carbocycles. The van der Waals surface area contributed by atoms with E-state index in [1.54, 1.807) is 0 Å². The average molecular weight is 301 g/mol. The lowest BCUT2D eigenvalue weighted by atomic mass is 10.1. The van der Waals surface area contributed by atoms with Gasteiger partial charge in [-0.05, 0) is 31.5 Å². The van der Waals surface area contributed by atoms with Crippen molar-refractivity contribution in [2.45, 2.75) is 13.3 Å². The van der Waals surface area contributed by atoms with Gasteiger partial charge in [0, 0.05) is 32.4 Å². The SMILES string of the molecule is CC(CN)CN1CCCN(c2ncc(Cl)cc2F)CC1. The normalized spacial score (nSPS) is 18.9. The van der Waals surface area contributed by atoms with Crippen molar-refractivity contribution in [1.29, 1.82) is 0 Å². The zero-order valence-electron chi connectivity index (χ0n) is 11.9. The van der Waals surface area contributed by atoms with E-state index in [9.17, 15) is 4.39 Å². The Hall–Kier alpha value is -0.910. The number of nitrogens with two attached hydrogens (primary N) is 1. The number of aromatic nitrogens is 1. The summed E-state index contributed by atoms with van der Waals surface area (Å²) in [6, 6.07) is 1.32. The molecule has 2 heterocycles. The van der Waals surface area contributed by atoms with Crippen LogP contribution in [0.15, 0.2) is 12.3 Å². The number of hydrogen-bond donors (Lipinski definition) is 1. The summed E-state index contributed by atoms with van der Waals surface area (Å²) in [6.45, 7) is 7.39. The predicted molar refractivity (Wildman–Crippen MR) is 80.7 cm³/mol. The van der Waals surface area contributed by atoms with Crippen LogP contribution >= 0.6 is 11.6 Å². The quantitative estimate of drug-likeness (QED) is 0.923. The maximum Gasteiger partial charge on any atom is 0.167 e. The second kappa shape index (κ2) is 7.20. The molecule has 1 atom stereocenters. The van der Waals surface area contributed by atoms with Crippen molar-refractivity contribution in [3.05, 3.63) is 23.1 Å². The van der Waals surface area contributed by atoms with E-state index in [0.29, 0.717) is 23.3 Å². The van der Waals surface area contributed by atoms with E-state index in [1.807, 2.05) is 4.90 Å². The molecule has 1 aliphatic heterocycles. The highest BCUT2D eigenvalue weighted by Crippen LogP contribution is 2.21. The summed E-state index contributed by atoms with van der Waals surface area (Å²) in [5, 5.41) is 0.333. The van der Waals surface area contributed by atoms with E-state index in [-0.39, 0.29) is 5.82 Å². The second-order valence-electron chi connectivity index (χ2n) is 5.44. The van der Waals surface area contributed by atoms with E-state index >= 15 is 0 Å². The number of pyridine rings is 1. The van der Waals surface area contributed by atoms with E-state index in [0.717, 1.165) is 39.1 Å². The van der Waals surface area contributed by atoms with Gasteiger partial charge in [0.25, 0.3) is 0 Å². The predicted octanol–water partition coefficient (Wildman–Crippen LogP) is 1.98. The van der Waals surface area contributed by atoms with Gasteiger partial charge in [-0.25, -0.2) is 9.37 Å². The van der Waals surface area contributed by atoms with Gasteiger partial charge in [-0.2, -0.15) is 0 Å². The van der Waals surface area contributed by atoms with Gasteiger partial charge in [-0.15, -0.1) is 0 Å². The molecule has 20 heavy (non-hydrogen) atoms. The Bertz CT molecular complexity index is 443. The molecule has 0 radical (unpaired) electrons. The van der Waals surface area contributed by atoms with Gasteiger partial charge >= 0.3 is 0 Å². The van der Waals surface area contributed by atoms with Crippen molar-refractivity contribution in [3.63, 3.8) is 0 Å². The number of anilines is 1. The van der Waals surface area contributed by atoms with Gasteiger partial charge in [0.2, 0.25) is 0 Å². The van der Waals surface area contributed by atoms with Crippen LogP contribution in [0.4, 0.5) is 10.2 Å². The highest BCUT2D eigenvalue weighted by Gasteiger charge is 2.19. The van der Waals surface area contributed by atoms with Gasteiger partial charge in [0.15, 0.2) is 11.6 Å². The highest BCUT2D eigenvalue weighted by atomic mass is 35.5. The summed E-state index contributed by atoms with van der Waals surface area (Å²) in [5.74, 6) is 0.552. The molecular formula is C14H22ClFN4. The largest absolute Gasteiger partial charge is 0.353 e. The van der Waals surface area contributed by atoms with Crippen LogP contribution in [0.25, 0.3) is 0 Å². The standard InChI is InChI=1S/C14H22ClFN4/c1-11(8-17)10-19-3-2-4-20(6-5-19)14-13(16)7-12(15)9-18-14/h7,9,11H,2-6,8,10,17H2,1H3. The van der Waals surface area contributed by atoms with E-state index < -0.39 is 0 Å². The minimum absolute atomic E-state index is 0.333. The molecule has 0 bridgehead atoms. The molecule has 1 fully saturated rings. The topological polar surface area (TPSA) is 45.4 Å². The first kappa shape index (κ1) is 15.5. The van der Waals surface area contributed by atoms with Crippen LogP contribution in [-0.4, -0.2) is 49.2 Å². The Morgan fingerprint density at radius 3 is 2.90 bits per heavy atom. The summed E-state index contributed by atoms with van der Waals surface area (Å²) in [7, 11) is 0. The summed E-state index contributed by atoms with van der Waals surface area (Å²) in [5.41, 5.74) is 5.67. The zero-order chi connectivity index (χ0) is 14.5. The summed E-state index contributed by atoms with van der Waals surface area (Å²) in [6.07, 6.45) is 2.50. The first-order valence-electron chi connectivity index (χ1n) is 7.08. The number of nitrogens with zero attached hydrogens (tertiary/aromatic N) is 3. The Balaban J connectivity index is 1.98. The monoisotopic (exact) mass is 300 g/mol. The van der Waals surface area contributed by atoms with Crippen LogP contribution in [0.3, 0.4) is 0 Å². The van der Waals surface area contributed by atoms with Crippen LogP contribution in [0.2, 0.25) is 5.02 Å². The first-order chi connectivity index (χ1) is 9.60. The van der Waals surface area contributed by atoms with E-state index in [1.165, 1.54) is 12.3 Å². The molecule has 1 aliphatic rings. The molecule has 1 unspecified atom stereocenters. The van der Waals surface area contributed by atoms with Gasteiger partial charge in [-0.3, -0.25) is 0 Å². The van der Waals surface area contributed by atoms with Crippen LogP contribution in [0.5, 0.6) is 0 Å². The van der Waals surface area contributed by atoms with Crippen molar-refractivity contribution in [2.75, 3.05) is 44.2 Å². The van der Waals surface area contributed by atoms with E-state index in [2.05, 4.69) is 16.8 Å². The Morgan fingerprint density at radius 1 is 1.40 bits per heavy atom. The molecule has 0 aliphatic carbocycles. The lowest BCUT2D eigenvalue weighted by molar-refractivity contribution is 0.255. The lowest BCUT2D eigenvalue weighted by Gasteiger charge is -2.24. The fraction of sp³-hybridized carbons (Fsp3) is 0.643. The molecule has 2 rings (SSSR count). The fourth-order valence-electron chi connectivity index (χ4n) is 2.52. The van der Waals surface area contributed by atoms with E-state index in [4.69, 9.17) is 17.3 Å². The summed E-state index contributed by atoms with van der Waals surface area (Å²) < 4.78 is 13.9. The van der Waals surface area contributed by atoms with Crippen LogP contribution < -0.4 is 10.6 Å². The third-order valence-electron chi connectivity index (χ3n) is 3.65. The highest BCUT2D eigenvalue weighted by molar-refractivity contribution is 6.30. The van der Waals surface area contributed by atoms with Gasteiger partial charge in [0.1, 0.15) is 0 Å². The fourth-order valence-corrected chi connectivity index (χ4v) is 2.67. The molecule has 0 amide bonds. The summed E-state index contributed by atoms with van der Waals surface area (Å²) in [4.78, 5) is 8.52. The summed E-state index contributed by atoms with van der Waals surface area (Å²) >= 11 is 5.74. The molecular weight excluding hydrogens is 279 g/mol. The van der Waals surface area contributed by atoms with Crippen molar-refractivity contribution < 1.29 is 4.39 Å². The van der Waals surface area contributed by atoms with Gasteiger partial charge in [0.05, 0.1) is 5.02 Å². The van der Waals surface area contributed by atoms with Crippen molar-refractivity contribution >= 4 is 17.4 Å². The third kappa shape index (κ3) is 4.04. The van der Waals surface area contributed by atoms with Crippen molar-refractivity contribution in [1.82, 2.24) is 9.88 Å². The molecule has 4 nitrogen and oxygen atoms in total. The third-order valence-corrected chi connectivity index (χ3v) is 3.86. The smallest absolute Gasteiger partial charge is 0.167 e. The molecule has 112 valence electrons.